The molecular weight excluding hydrogens is 450 g/mol. The third-order valence-electron chi connectivity index (χ3n) is 6.56. The van der Waals surface area contributed by atoms with Gasteiger partial charge in [-0.25, -0.2) is 5.84 Å². The van der Waals surface area contributed by atoms with E-state index in [2.05, 4.69) is 10.6 Å². The number of ether oxygens (including phenoxy) is 1. The van der Waals surface area contributed by atoms with Crippen molar-refractivity contribution in [2.75, 3.05) is 20.3 Å². The van der Waals surface area contributed by atoms with Crippen molar-refractivity contribution < 1.29 is 9.53 Å². The Morgan fingerprint density at radius 1 is 1.03 bits per heavy atom. The monoisotopic (exact) mass is 485 g/mol. The summed E-state index contributed by atoms with van der Waals surface area (Å²) in [4.78, 5) is 16.8. The predicted octanol–water partition coefficient (Wildman–Crippen LogP) is 4.96. The average molecular weight is 486 g/mol. The maximum absolute atomic E-state index is 12.0. The standard InChI is InChI=1S/C23H29N5O2.C6H6/c1-14(24)23(27(3)25)18-11-21-22(26-12-18)19-5-4-17(15(2)29)10-20(19)28(21)13-16-6-8-30-9-7-16;1-2-4-6-5-3-1/h4-5,10-12,16H,6-9,13,24-25H2,1-3H3;1-6H/b23-14-;. The minimum absolute atomic E-state index is 0.0575. The molecule has 188 valence electrons. The number of benzene rings is 2. The van der Waals surface area contributed by atoms with Gasteiger partial charge in [0.25, 0.3) is 0 Å². The van der Waals surface area contributed by atoms with Gasteiger partial charge in [0.2, 0.25) is 0 Å². The molecule has 4 aromatic rings. The van der Waals surface area contributed by atoms with Crippen LogP contribution in [0.25, 0.3) is 27.6 Å². The number of nitrogens with two attached hydrogens (primary N) is 2. The van der Waals surface area contributed by atoms with Gasteiger partial charge in [-0.1, -0.05) is 42.5 Å². The van der Waals surface area contributed by atoms with E-state index in [0.29, 0.717) is 17.2 Å². The molecule has 0 spiro atoms. The van der Waals surface area contributed by atoms with Crippen LogP contribution in [0.15, 0.2) is 72.6 Å². The highest BCUT2D eigenvalue weighted by Gasteiger charge is 2.20. The summed E-state index contributed by atoms with van der Waals surface area (Å²) in [6.45, 7) is 5.87. The lowest BCUT2D eigenvalue weighted by molar-refractivity contribution is 0.0620. The first-order chi connectivity index (χ1) is 17.4. The first kappa shape index (κ1) is 25.4. The van der Waals surface area contributed by atoms with Crippen LogP contribution in [0.4, 0.5) is 0 Å². The second kappa shape index (κ2) is 11.4. The first-order valence-corrected chi connectivity index (χ1v) is 12.3. The fourth-order valence-corrected chi connectivity index (χ4v) is 4.78. The highest BCUT2D eigenvalue weighted by molar-refractivity contribution is 6.08. The van der Waals surface area contributed by atoms with Crippen molar-refractivity contribution in [1.82, 2.24) is 14.6 Å². The molecular formula is C29H35N5O2. The molecule has 1 aliphatic heterocycles. The van der Waals surface area contributed by atoms with E-state index in [4.69, 9.17) is 21.3 Å². The third-order valence-corrected chi connectivity index (χ3v) is 6.56. The number of carbonyl (C=O) groups is 1. The number of pyridine rings is 1. The predicted molar refractivity (Wildman–Crippen MR) is 146 cm³/mol. The lowest BCUT2D eigenvalue weighted by Gasteiger charge is -2.23. The van der Waals surface area contributed by atoms with Gasteiger partial charge in [-0.15, -0.1) is 0 Å². The van der Waals surface area contributed by atoms with E-state index in [1.165, 1.54) is 5.01 Å². The zero-order valence-corrected chi connectivity index (χ0v) is 21.3. The Kier molecular flexibility index (Phi) is 8.03. The van der Waals surface area contributed by atoms with Crippen molar-refractivity contribution >= 4 is 33.4 Å². The van der Waals surface area contributed by atoms with Crippen LogP contribution in [-0.2, 0) is 11.3 Å². The van der Waals surface area contributed by atoms with E-state index in [1.54, 1.807) is 14.0 Å². The SMILES string of the molecule is CC(=O)c1ccc2c3ncc(/C(=C(\C)N)N(C)N)cc3n(CC3CCOCC3)c2c1.c1ccccc1. The van der Waals surface area contributed by atoms with Gasteiger partial charge in [-0.05, 0) is 50.8 Å². The summed E-state index contributed by atoms with van der Waals surface area (Å²) in [5, 5.41) is 2.57. The third kappa shape index (κ3) is 5.58. The molecule has 1 saturated heterocycles. The Balaban J connectivity index is 0.000000445. The van der Waals surface area contributed by atoms with Crippen LogP contribution in [-0.4, -0.2) is 40.6 Å². The number of nitrogens with zero attached hydrogens (tertiary/aromatic N) is 3. The number of fused-ring (bicyclic) bond motifs is 3. The van der Waals surface area contributed by atoms with E-state index < -0.39 is 0 Å². The molecule has 1 aliphatic rings. The second-order valence-corrected chi connectivity index (χ2v) is 9.34. The topological polar surface area (TPSA) is 99.4 Å². The second-order valence-electron chi connectivity index (χ2n) is 9.34. The van der Waals surface area contributed by atoms with E-state index in [1.807, 2.05) is 67.7 Å². The number of hydrogen-bond acceptors (Lipinski definition) is 6. The molecule has 0 radical (unpaired) electrons. The number of Topliss-reactive ketones (excluding diaryl/α,β-unsaturated/α-hetero) is 1. The van der Waals surface area contributed by atoms with Crippen molar-refractivity contribution in [3.63, 3.8) is 0 Å². The molecule has 0 amide bonds. The highest BCUT2D eigenvalue weighted by Crippen LogP contribution is 2.33. The molecule has 0 atom stereocenters. The molecule has 7 heteroatoms. The van der Waals surface area contributed by atoms with Gasteiger partial charge in [0.05, 0.1) is 22.2 Å². The highest BCUT2D eigenvalue weighted by atomic mass is 16.5. The fourth-order valence-electron chi connectivity index (χ4n) is 4.78. The largest absolute Gasteiger partial charge is 0.401 e. The Hall–Kier alpha value is -3.68. The van der Waals surface area contributed by atoms with Crippen molar-refractivity contribution in [3.8, 4) is 0 Å². The van der Waals surface area contributed by atoms with E-state index in [-0.39, 0.29) is 5.78 Å². The normalized spacial score (nSPS) is 14.8. The van der Waals surface area contributed by atoms with Gasteiger partial charge in [-0.3, -0.25) is 9.78 Å². The Morgan fingerprint density at radius 3 is 2.19 bits per heavy atom. The molecule has 2 aromatic heterocycles. The Morgan fingerprint density at radius 2 is 1.64 bits per heavy atom. The smallest absolute Gasteiger partial charge is 0.159 e. The zero-order chi connectivity index (χ0) is 25.7. The number of hydrazine groups is 1. The number of carbonyl (C=O) groups excluding carboxylic acids is 1. The van der Waals surface area contributed by atoms with Crippen LogP contribution < -0.4 is 11.6 Å². The van der Waals surface area contributed by atoms with Crippen molar-refractivity contribution in [2.24, 2.45) is 17.5 Å². The first-order valence-electron chi connectivity index (χ1n) is 12.3. The summed E-state index contributed by atoms with van der Waals surface area (Å²) in [5.74, 6) is 6.62. The molecule has 2 aromatic carbocycles. The number of hydrogen-bond donors (Lipinski definition) is 2. The van der Waals surface area contributed by atoms with Crippen LogP contribution in [0, 0.1) is 5.92 Å². The van der Waals surface area contributed by atoms with Crippen LogP contribution >= 0.6 is 0 Å². The van der Waals surface area contributed by atoms with E-state index in [0.717, 1.165) is 65.8 Å². The number of ketones is 1. The van der Waals surface area contributed by atoms with Crippen molar-refractivity contribution in [1.29, 1.82) is 0 Å². The van der Waals surface area contributed by atoms with Crippen molar-refractivity contribution in [3.05, 3.63) is 83.7 Å². The molecule has 0 bridgehead atoms. The van der Waals surface area contributed by atoms with Crippen LogP contribution in [0.3, 0.4) is 0 Å². The van der Waals surface area contributed by atoms with Crippen LogP contribution in [0.1, 0.15) is 42.6 Å². The molecule has 0 unspecified atom stereocenters. The minimum Gasteiger partial charge on any atom is -0.401 e. The summed E-state index contributed by atoms with van der Waals surface area (Å²) in [6, 6.07) is 20.0. The fraction of sp³-hybridized carbons (Fsp3) is 0.310. The maximum atomic E-state index is 12.0. The molecule has 3 heterocycles. The van der Waals surface area contributed by atoms with Gasteiger partial charge in [0, 0.05) is 55.2 Å². The molecule has 0 saturated carbocycles. The summed E-state index contributed by atoms with van der Waals surface area (Å²) in [5.41, 5.74) is 12.0. The van der Waals surface area contributed by atoms with Gasteiger partial charge < -0.3 is 20.0 Å². The Labute approximate surface area is 212 Å². The molecule has 1 fully saturated rings. The van der Waals surface area contributed by atoms with Crippen LogP contribution in [0.5, 0.6) is 0 Å². The summed E-state index contributed by atoms with van der Waals surface area (Å²) < 4.78 is 7.84. The molecule has 5 rings (SSSR count). The number of rotatable bonds is 5. The lowest BCUT2D eigenvalue weighted by atomic mass is 10.00. The van der Waals surface area contributed by atoms with E-state index >= 15 is 0 Å². The summed E-state index contributed by atoms with van der Waals surface area (Å²) >= 11 is 0. The molecule has 4 N–H and O–H groups in total. The summed E-state index contributed by atoms with van der Waals surface area (Å²) in [7, 11) is 1.77. The minimum atomic E-state index is 0.0575. The van der Waals surface area contributed by atoms with Gasteiger partial charge in [0.1, 0.15) is 0 Å². The average Bonchev–Trinajstić information content (AvgIpc) is 3.18. The van der Waals surface area contributed by atoms with Gasteiger partial charge in [-0.2, -0.15) is 0 Å². The van der Waals surface area contributed by atoms with Gasteiger partial charge >= 0.3 is 0 Å². The lowest BCUT2D eigenvalue weighted by Crippen LogP contribution is -2.26. The van der Waals surface area contributed by atoms with Gasteiger partial charge in [0.15, 0.2) is 5.78 Å². The molecule has 36 heavy (non-hydrogen) atoms. The van der Waals surface area contributed by atoms with Crippen molar-refractivity contribution in [2.45, 2.75) is 33.2 Å². The quantitative estimate of drug-likeness (QED) is 0.236. The number of allylic oxidation sites excluding steroid dienone is 1. The molecule has 0 aliphatic carbocycles. The maximum Gasteiger partial charge on any atom is 0.159 e. The van der Waals surface area contributed by atoms with Crippen LogP contribution in [0.2, 0.25) is 0 Å². The Bertz CT molecular complexity index is 1340. The van der Waals surface area contributed by atoms with E-state index in [9.17, 15) is 4.79 Å². The molecule has 7 nitrogen and oxygen atoms in total. The number of aromatic nitrogens is 2. The zero-order valence-electron chi connectivity index (χ0n) is 21.3. The summed E-state index contributed by atoms with van der Waals surface area (Å²) in [6.07, 6.45) is 3.87.